The minimum atomic E-state index is -3.80. The Morgan fingerprint density at radius 3 is 2.36 bits per heavy atom. The number of sulfonamides is 1. The van der Waals surface area contributed by atoms with Crippen LogP contribution < -0.4 is 15.4 Å². The summed E-state index contributed by atoms with van der Waals surface area (Å²) in [7, 11) is -3.80. The van der Waals surface area contributed by atoms with Crippen LogP contribution in [0.3, 0.4) is 0 Å². The van der Waals surface area contributed by atoms with Crippen LogP contribution in [0.5, 0.6) is 0 Å². The number of carbonyl (C=O) groups excluding carboxylic acids is 2. The zero-order chi connectivity index (χ0) is 20.6. The average molecular weight is 407 g/mol. The van der Waals surface area contributed by atoms with Crippen molar-refractivity contribution in [3.63, 3.8) is 0 Å². The van der Waals surface area contributed by atoms with E-state index in [2.05, 4.69) is 15.4 Å². The number of nitrogens with one attached hydrogen (secondary N) is 3. The minimum Gasteiger partial charge on any atom is -0.354 e. The van der Waals surface area contributed by atoms with Gasteiger partial charge in [-0.25, -0.2) is 12.8 Å². The summed E-state index contributed by atoms with van der Waals surface area (Å²) < 4.78 is 39.8. The van der Waals surface area contributed by atoms with Gasteiger partial charge in [-0.05, 0) is 36.8 Å². The van der Waals surface area contributed by atoms with Gasteiger partial charge in [0.15, 0.2) is 0 Å². The lowest BCUT2D eigenvalue weighted by molar-refractivity contribution is -0.123. The fourth-order valence-electron chi connectivity index (χ4n) is 2.39. The Labute approximate surface area is 163 Å². The third-order valence-corrected chi connectivity index (χ3v) is 5.34. The van der Waals surface area contributed by atoms with Crippen molar-refractivity contribution >= 4 is 21.8 Å². The fraction of sp³-hybridized carbons (Fsp3) is 0.263. The third kappa shape index (κ3) is 6.75. The first-order valence-electron chi connectivity index (χ1n) is 8.64. The number of hydrogen-bond donors (Lipinski definition) is 3. The molecule has 0 saturated carbocycles. The first kappa shape index (κ1) is 21.5. The maximum Gasteiger partial charge on any atom is 0.241 e. The highest BCUT2D eigenvalue weighted by Gasteiger charge is 2.21. The van der Waals surface area contributed by atoms with E-state index in [1.807, 2.05) is 0 Å². The van der Waals surface area contributed by atoms with Gasteiger partial charge in [0, 0.05) is 13.1 Å². The number of benzene rings is 2. The van der Waals surface area contributed by atoms with Crippen LogP contribution in [0.2, 0.25) is 0 Å². The van der Waals surface area contributed by atoms with E-state index in [4.69, 9.17) is 0 Å². The summed E-state index contributed by atoms with van der Waals surface area (Å²) in [5.41, 5.74) is 0.547. The highest BCUT2D eigenvalue weighted by Crippen LogP contribution is 2.08. The number of rotatable bonds is 9. The fourth-order valence-corrected chi connectivity index (χ4v) is 3.61. The first-order valence-corrected chi connectivity index (χ1v) is 10.1. The Morgan fingerprint density at radius 1 is 1.00 bits per heavy atom. The normalized spacial score (nSPS) is 12.2. The summed E-state index contributed by atoms with van der Waals surface area (Å²) in [5, 5.41) is 5.15. The molecule has 0 aliphatic carbocycles. The summed E-state index contributed by atoms with van der Waals surface area (Å²) in [4.78, 5) is 23.9. The molecule has 9 heteroatoms. The van der Waals surface area contributed by atoms with Crippen molar-refractivity contribution in [3.8, 4) is 0 Å². The van der Waals surface area contributed by atoms with Gasteiger partial charge in [-0.1, -0.05) is 30.3 Å². The molecule has 0 saturated heterocycles. The first-order chi connectivity index (χ1) is 13.3. The van der Waals surface area contributed by atoms with Gasteiger partial charge < -0.3 is 10.6 Å². The molecule has 28 heavy (non-hydrogen) atoms. The summed E-state index contributed by atoms with van der Waals surface area (Å²) in [6.07, 6.45) is 0.0268. The van der Waals surface area contributed by atoms with Gasteiger partial charge in [0.05, 0.1) is 17.4 Å². The van der Waals surface area contributed by atoms with Crippen molar-refractivity contribution in [2.24, 2.45) is 0 Å². The van der Waals surface area contributed by atoms with Crippen molar-refractivity contribution < 1.29 is 22.4 Å². The largest absolute Gasteiger partial charge is 0.354 e. The molecule has 7 nitrogen and oxygen atoms in total. The second kappa shape index (κ2) is 9.95. The van der Waals surface area contributed by atoms with Crippen LogP contribution in [-0.4, -0.2) is 39.4 Å². The molecular weight excluding hydrogens is 385 g/mol. The molecule has 0 spiro atoms. The zero-order valence-corrected chi connectivity index (χ0v) is 16.1. The van der Waals surface area contributed by atoms with Crippen LogP contribution in [-0.2, 0) is 26.0 Å². The lowest BCUT2D eigenvalue weighted by Gasteiger charge is -2.14. The van der Waals surface area contributed by atoms with Crippen LogP contribution in [0.15, 0.2) is 59.5 Å². The van der Waals surface area contributed by atoms with E-state index in [9.17, 15) is 22.4 Å². The third-order valence-electron chi connectivity index (χ3n) is 3.78. The average Bonchev–Trinajstić information content (AvgIpc) is 2.65. The predicted molar refractivity (Wildman–Crippen MR) is 102 cm³/mol. The molecule has 2 amide bonds. The molecule has 2 rings (SSSR count). The van der Waals surface area contributed by atoms with Crippen molar-refractivity contribution in [2.45, 2.75) is 24.3 Å². The molecule has 0 unspecified atom stereocenters. The van der Waals surface area contributed by atoms with E-state index in [-0.39, 0.29) is 30.3 Å². The van der Waals surface area contributed by atoms with E-state index in [0.29, 0.717) is 5.56 Å². The second-order valence-corrected chi connectivity index (χ2v) is 7.82. The summed E-state index contributed by atoms with van der Waals surface area (Å²) in [6.45, 7) is 1.72. The van der Waals surface area contributed by atoms with Crippen molar-refractivity contribution in [2.75, 3.05) is 13.1 Å². The summed E-state index contributed by atoms with van der Waals surface area (Å²) in [6, 6.07) is 12.5. The molecule has 1 atom stereocenters. The molecule has 0 radical (unpaired) electrons. The van der Waals surface area contributed by atoms with Crippen LogP contribution >= 0.6 is 0 Å². The topological polar surface area (TPSA) is 104 Å². The Kier molecular flexibility index (Phi) is 7.65. The lowest BCUT2D eigenvalue weighted by Crippen LogP contribution is -2.46. The molecule has 2 aromatic rings. The number of hydrogen-bond acceptors (Lipinski definition) is 4. The summed E-state index contributed by atoms with van der Waals surface area (Å²) in [5.74, 6) is -1.24. The molecule has 0 fully saturated rings. The predicted octanol–water partition coefficient (Wildman–Crippen LogP) is 0.968. The molecule has 0 aromatic heterocycles. The van der Waals surface area contributed by atoms with Crippen molar-refractivity contribution in [3.05, 3.63) is 66.0 Å². The Hall–Kier alpha value is -2.78. The monoisotopic (exact) mass is 407 g/mol. The molecule has 0 aliphatic heterocycles. The molecule has 2 aromatic carbocycles. The Balaban J connectivity index is 1.72. The van der Waals surface area contributed by atoms with Crippen LogP contribution in [0.25, 0.3) is 0 Å². The second-order valence-electron chi connectivity index (χ2n) is 6.10. The van der Waals surface area contributed by atoms with Gasteiger partial charge in [-0.2, -0.15) is 4.72 Å². The Morgan fingerprint density at radius 2 is 1.68 bits per heavy atom. The molecule has 3 N–H and O–H groups in total. The number of amides is 2. The van der Waals surface area contributed by atoms with Crippen LogP contribution in [0.4, 0.5) is 4.39 Å². The van der Waals surface area contributed by atoms with Crippen LogP contribution in [0.1, 0.15) is 12.5 Å². The molecule has 0 heterocycles. The van der Waals surface area contributed by atoms with Gasteiger partial charge in [0.25, 0.3) is 0 Å². The standard InChI is InChI=1S/C19H22FN3O4S/c1-14(23-28(26,27)17-8-3-2-4-9-17)19(25)22-11-10-21-18(24)13-15-6-5-7-16(20)12-15/h2-9,12,14,23H,10-11,13H2,1H3,(H,21,24)(H,22,25)/t14-/m0/s1. The van der Waals surface area contributed by atoms with Gasteiger partial charge in [0.2, 0.25) is 21.8 Å². The lowest BCUT2D eigenvalue weighted by atomic mass is 10.1. The van der Waals surface area contributed by atoms with Gasteiger partial charge in [-0.15, -0.1) is 0 Å². The highest BCUT2D eigenvalue weighted by molar-refractivity contribution is 7.89. The Bertz CT molecular complexity index is 920. The smallest absolute Gasteiger partial charge is 0.241 e. The van der Waals surface area contributed by atoms with Crippen molar-refractivity contribution in [1.29, 1.82) is 0 Å². The number of carbonyl (C=O) groups is 2. The molecular formula is C19H22FN3O4S. The quantitative estimate of drug-likeness (QED) is 0.539. The van der Waals surface area contributed by atoms with E-state index in [1.165, 1.54) is 37.3 Å². The molecule has 150 valence electrons. The van der Waals surface area contributed by atoms with Crippen molar-refractivity contribution in [1.82, 2.24) is 15.4 Å². The van der Waals surface area contributed by atoms with Gasteiger partial charge >= 0.3 is 0 Å². The van der Waals surface area contributed by atoms with E-state index >= 15 is 0 Å². The number of halogens is 1. The maximum atomic E-state index is 13.1. The molecule has 0 bridgehead atoms. The van der Waals surface area contributed by atoms with Gasteiger partial charge in [0.1, 0.15) is 5.82 Å². The van der Waals surface area contributed by atoms with Crippen LogP contribution in [0, 0.1) is 5.82 Å². The minimum absolute atomic E-state index is 0.0268. The maximum absolute atomic E-state index is 13.1. The van der Waals surface area contributed by atoms with E-state index in [0.717, 1.165) is 0 Å². The molecule has 0 aliphatic rings. The van der Waals surface area contributed by atoms with Gasteiger partial charge in [-0.3, -0.25) is 9.59 Å². The summed E-state index contributed by atoms with van der Waals surface area (Å²) >= 11 is 0. The van der Waals surface area contributed by atoms with E-state index < -0.39 is 27.8 Å². The van der Waals surface area contributed by atoms with E-state index in [1.54, 1.807) is 24.3 Å². The highest BCUT2D eigenvalue weighted by atomic mass is 32.2. The zero-order valence-electron chi connectivity index (χ0n) is 15.3. The SMILES string of the molecule is C[C@H](NS(=O)(=O)c1ccccc1)C(=O)NCCNC(=O)Cc1cccc(F)c1.